The van der Waals surface area contributed by atoms with E-state index >= 15 is 0 Å². The van der Waals surface area contributed by atoms with E-state index in [2.05, 4.69) is 15.5 Å². The summed E-state index contributed by atoms with van der Waals surface area (Å²) in [4.78, 5) is 19.3. The normalized spacial score (nSPS) is 26.7. The Bertz CT molecular complexity index is 697. The van der Waals surface area contributed by atoms with E-state index < -0.39 is 0 Å². The number of carbonyl (C=O) groups excluding carboxylic acids is 1. The molecule has 6 heteroatoms. The zero-order valence-electron chi connectivity index (χ0n) is 13.3. The van der Waals surface area contributed by atoms with Gasteiger partial charge in [0, 0.05) is 19.5 Å². The zero-order chi connectivity index (χ0) is 15.9. The van der Waals surface area contributed by atoms with Crippen molar-refractivity contribution < 1.29 is 9.32 Å². The molecule has 2 aromatic heterocycles. The van der Waals surface area contributed by atoms with E-state index in [1.165, 1.54) is 6.42 Å². The number of rotatable bonds is 4. The second-order valence-corrected chi connectivity index (χ2v) is 7.47. The number of likely N-dealkylation sites (tertiary alicyclic amines) is 1. The Hall–Kier alpha value is -1.69. The van der Waals surface area contributed by atoms with Crippen LogP contribution in [0.5, 0.6) is 0 Å². The van der Waals surface area contributed by atoms with Gasteiger partial charge in [0.1, 0.15) is 0 Å². The van der Waals surface area contributed by atoms with Crippen molar-refractivity contribution in [2.75, 3.05) is 13.1 Å². The maximum absolute atomic E-state index is 12.6. The molecule has 2 aromatic rings. The van der Waals surface area contributed by atoms with Gasteiger partial charge in [0.25, 0.3) is 0 Å². The molecule has 1 aliphatic carbocycles. The van der Waals surface area contributed by atoms with Crippen LogP contribution in [0.3, 0.4) is 0 Å². The van der Waals surface area contributed by atoms with Crippen molar-refractivity contribution in [2.45, 2.75) is 44.4 Å². The molecule has 4 rings (SSSR count). The maximum atomic E-state index is 12.6. The number of carbonyl (C=O) groups is 1. The van der Waals surface area contributed by atoms with E-state index in [0.717, 1.165) is 43.7 Å². The summed E-state index contributed by atoms with van der Waals surface area (Å²) in [6.45, 7) is 3.59. The molecule has 2 fully saturated rings. The van der Waals surface area contributed by atoms with Crippen LogP contribution >= 0.6 is 11.3 Å². The fourth-order valence-corrected chi connectivity index (χ4v) is 4.79. The van der Waals surface area contributed by atoms with Gasteiger partial charge in [-0.15, -0.1) is 0 Å². The Morgan fingerprint density at radius 2 is 2.48 bits per heavy atom. The molecule has 2 aliphatic rings. The first-order valence-corrected chi connectivity index (χ1v) is 9.27. The topological polar surface area (TPSA) is 59.2 Å². The van der Waals surface area contributed by atoms with Crippen molar-refractivity contribution in [3.8, 4) is 0 Å². The molecule has 3 heterocycles. The molecule has 23 heavy (non-hydrogen) atoms. The molecular weight excluding hydrogens is 310 g/mol. The molecule has 1 saturated carbocycles. The van der Waals surface area contributed by atoms with Crippen LogP contribution in [0, 0.1) is 5.92 Å². The van der Waals surface area contributed by atoms with Crippen LogP contribution in [0.2, 0.25) is 0 Å². The molecule has 122 valence electrons. The molecule has 0 unspecified atom stereocenters. The fourth-order valence-electron chi connectivity index (χ4n) is 4.13. The minimum absolute atomic E-state index is 0.0821. The smallest absolute Gasteiger partial charge is 0.227 e. The van der Waals surface area contributed by atoms with Gasteiger partial charge in [0.15, 0.2) is 5.82 Å². The number of thiophene rings is 1. The van der Waals surface area contributed by atoms with Gasteiger partial charge in [-0.2, -0.15) is 16.3 Å². The molecule has 1 saturated heterocycles. The third-order valence-electron chi connectivity index (χ3n) is 5.37. The number of fused-ring (bicyclic) bond motifs is 1. The predicted molar refractivity (Wildman–Crippen MR) is 87.3 cm³/mol. The average molecular weight is 331 g/mol. The van der Waals surface area contributed by atoms with Crippen LogP contribution < -0.4 is 0 Å². The number of hydrogen-bond acceptors (Lipinski definition) is 5. The highest BCUT2D eigenvalue weighted by Gasteiger charge is 2.54. The van der Waals surface area contributed by atoms with E-state index in [1.807, 2.05) is 23.3 Å². The molecule has 0 bridgehead atoms. The number of nitrogens with zero attached hydrogens (tertiary/aromatic N) is 3. The zero-order valence-corrected chi connectivity index (χ0v) is 14.1. The standard InChI is InChI=1S/C17H21N3O2S/c1-2-14-18-16(19-22-14)17-6-3-4-13(17)9-20(11-17)15(21)8-12-5-7-23-10-12/h5,7,10,13H,2-4,6,8-9,11H2,1H3/t13-,17-/m1/s1. The summed E-state index contributed by atoms with van der Waals surface area (Å²) in [6.07, 6.45) is 4.65. The lowest BCUT2D eigenvalue weighted by Crippen LogP contribution is -2.36. The lowest BCUT2D eigenvalue weighted by Gasteiger charge is -2.24. The summed E-state index contributed by atoms with van der Waals surface area (Å²) in [5, 5.41) is 8.32. The van der Waals surface area contributed by atoms with E-state index in [-0.39, 0.29) is 11.3 Å². The lowest BCUT2D eigenvalue weighted by atomic mass is 9.80. The molecule has 5 nitrogen and oxygen atoms in total. The SMILES string of the molecule is CCc1nc([C@@]23CCC[C@@H]2CN(C(=O)Cc2ccsc2)C3)no1. The Kier molecular flexibility index (Phi) is 3.71. The first-order valence-electron chi connectivity index (χ1n) is 8.33. The van der Waals surface area contributed by atoms with Crippen molar-refractivity contribution in [3.63, 3.8) is 0 Å². The Balaban J connectivity index is 1.55. The number of hydrogen-bond donors (Lipinski definition) is 0. The number of aromatic nitrogens is 2. The first kappa shape index (κ1) is 14.9. The van der Waals surface area contributed by atoms with Crippen molar-refractivity contribution in [1.82, 2.24) is 15.0 Å². The van der Waals surface area contributed by atoms with Crippen LogP contribution in [-0.4, -0.2) is 34.0 Å². The van der Waals surface area contributed by atoms with Crippen molar-refractivity contribution >= 4 is 17.2 Å². The van der Waals surface area contributed by atoms with Crippen LogP contribution in [0.15, 0.2) is 21.3 Å². The van der Waals surface area contributed by atoms with Gasteiger partial charge in [-0.3, -0.25) is 4.79 Å². The highest BCUT2D eigenvalue weighted by molar-refractivity contribution is 7.07. The third kappa shape index (κ3) is 2.49. The molecule has 0 N–H and O–H groups in total. The van der Waals surface area contributed by atoms with Gasteiger partial charge in [-0.25, -0.2) is 0 Å². The predicted octanol–water partition coefficient (Wildman–Crippen LogP) is 2.82. The van der Waals surface area contributed by atoms with E-state index in [1.54, 1.807) is 11.3 Å². The Morgan fingerprint density at radius 1 is 1.57 bits per heavy atom. The number of amides is 1. The molecule has 1 aliphatic heterocycles. The molecule has 0 spiro atoms. The fraction of sp³-hybridized carbons (Fsp3) is 0.588. The largest absolute Gasteiger partial charge is 0.341 e. The number of aryl methyl sites for hydroxylation is 1. The van der Waals surface area contributed by atoms with Crippen molar-refractivity contribution in [1.29, 1.82) is 0 Å². The maximum Gasteiger partial charge on any atom is 0.227 e. The van der Waals surface area contributed by atoms with Gasteiger partial charge in [0.05, 0.1) is 11.8 Å². The van der Waals surface area contributed by atoms with Gasteiger partial charge in [0.2, 0.25) is 11.8 Å². The second-order valence-electron chi connectivity index (χ2n) is 6.69. The van der Waals surface area contributed by atoms with Crippen LogP contribution in [0.25, 0.3) is 0 Å². The summed E-state index contributed by atoms with van der Waals surface area (Å²) in [5.41, 5.74) is 1.03. The first-order chi connectivity index (χ1) is 11.2. The highest BCUT2D eigenvalue weighted by Crippen LogP contribution is 2.49. The van der Waals surface area contributed by atoms with Crippen LogP contribution in [0.4, 0.5) is 0 Å². The highest BCUT2D eigenvalue weighted by atomic mass is 32.1. The average Bonchev–Trinajstić information content (AvgIpc) is 3.29. The molecule has 0 radical (unpaired) electrons. The Morgan fingerprint density at radius 3 is 3.22 bits per heavy atom. The quantitative estimate of drug-likeness (QED) is 0.864. The van der Waals surface area contributed by atoms with Crippen molar-refractivity contribution in [3.05, 3.63) is 34.1 Å². The van der Waals surface area contributed by atoms with E-state index in [0.29, 0.717) is 18.2 Å². The monoisotopic (exact) mass is 331 g/mol. The van der Waals surface area contributed by atoms with Gasteiger partial charge in [-0.1, -0.05) is 18.5 Å². The van der Waals surface area contributed by atoms with Gasteiger partial charge < -0.3 is 9.42 Å². The third-order valence-corrected chi connectivity index (χ3v) is 6.11. The molecular formula is C17H21N3O2S. The van der Waals surface area contributed by atoms with Crippen LogP contribution in [-0.2, 0) is 23.1 Å². The van der Waals surface area contributed by atoms with Gasteiger partial charge in [-0.05, 0) is 41.1 Å². The minimum atomic E-state index is -0.0821. The van der Waals surface area contributed by atoms with Gasteiger partial charge >= 0.3 is 0 Å². The van der Waals surface area contributed by atoms with E-state index in [9.17, 15) is 4.79 Å². The second kappa shape index (κ2) is 5.74. The summed E-state index contributed by atoms with van der Waals surface area (Å²) >= 11 is 1.64. The summed E-state index contributed by atoms with van der Waals surface area (Å²) in [6, 6.07) is 2.03. The minimum Gasteiger partial charge on any atom is -0.341 e. The van der Waals surface area contributed by atoms with Crippen molar-refractivity contribution in [2.24, 2.45) is 5.92 Å². The van der Waals surface area contributed by atoms with E-state index in [4.69, 9.17) is 4.52 Å². The molecule has 1 amide bonds. The lowest BCUT2D eigenvalue weighted by molar-refractivity contribution is -0.129. The summed E-state index contributed by atoms with van der Waals surface area (Å²) < 4.78 is 5.35. The summed E-state index contributed by atoms with van der Waals surface area (Å²) in [7, 11) is 0. The Labute approximate surface area is 139 Å². The summed E-state index contributed by atoms with van der Waals surface area (Å²) in [5.74, 6) is 2.21. The molecule has 2 atom stereocenters. The molecule has 0 aromatic carbocycles. The van der Waals surface area contributed by atoms with Crippen LogP contribution in [0.1, 0.15) is 43.5 Å².